The van der Waals surface area contributed by atoms with Gasteiger partial charge in [-0.2, -0.15) is 0 Å². The minimum absolute atomic E-state index is 0.0725. The number of carboxylic acids is 1. The number of benzene rings is 2. The van der Waals surface area contributed by atoms with Crippen LogP contribution in [0.3, 0.4) is 0 Å². The first kappa shape index (κ1) is 29.7. The predicted molar refractivity (Wildman–Crippen MR) is 143 cm³/mol. The van der Waals surface area contributed by atoms with Gasteiger partial charge in [0, 0.05) is 23.2 Å². The summed E-state index contributed by atoms with van der Waals surface area (Å²) in [5, 5.41) is 12.3. The minimum atomic E-state index is -4.78. The van der Waals surface area contributed by atoms with E-state index in [-0.39, 0.29) is 17.8 Å². The standard InChI is InChI=1S/C28H35F3N2O4S/c1-4-5-6-7-8-15-33(26(36)32-21-10-12-23(13-11-21)37-28(29,30)31)22-16-19-9-14-24(18-20(19)17-22)38-27(2,3)25(34)35/h9-14,18,22H,4-8,15-17H2,1-3H3,(H,32,36)(H,34,35)/t22-/m1/s1. The molecule has 0 saturated heterocycles. The van der Waals surface area contributed by atoms with Gasteiger partial charge in [-0.1, -0.05) is 38.7 Å². The molecule has 10 heteroatoms. The Morgan fingerprint density at radius 3 is 2.32 bits per heavy atom. The number of hydrogen-bond acceptors (Lipinski definition) is 4. The quantitative estimate of drug-likeness (QED) is 0.210. The summed E-state index contributed by atoms with van der Waals surface area (Å²) >= 11 is 1.29. The van der Waals surface area contributed by atoms with Crippen molar-refractivity contribution in [2.75, 3.05) is 11.9 Å². The highest BCUT2D eigenvalue weighted by molar-refractivity contribution is 8.01. The van der Waals surface area contributed by atoms with E-state index in [9.17, 15) is 27.9 Å². The Bertz CT molecular complexity index is 1110. The molecular formula is C28H35F3N2O4S. The average molecular weight is 553 g/mol. The van der Waals surface area contributed by atoms with Crippen LogP contribution >= 0.6 is 11.8 Å². The van der Waals surface area contributed by atoms with Gasteiger partial charge in [0.25, 0.3) is 0 Å². The van der Waals surface area contributed by atoms with Crippen molar-refractivity contribution in [2.45, 2.75) is 87.8 Å². The van der Waals surface area contributed by atoms with Crippen molar-refractivity contribution in [1.82, 2.24) is 4.90 Å². The number of urea groups is 1. The Balaban J connectivity index is 1.71. The number of ether oxygens (including phenoxy) is 1. The van der Waals surface area contributed by atoms with Gasteiger partial charge in [0.05, 0.1) is 0 Å². The van der Waals surface area contributed by atoms with Gasteiger partial charge in [-0.15, -0.1) is 24.9 Å². The number of carboxylic acid groups (broad SMARTS) is 1. The van der Waals surface area contributed by atoms with Crippen LogP contribution in [0, 0.1) is 0 Å². The molecule has 0 spiro atoms. The van der Waals surface area contributed by atoms with Crippen molar-refractivity contribution in [3.05, 3.63) is 53.6 Å². The zero-order chi connectivity index (χ0) is 27.9. The third-order valence-corrected chi connectivity index (χ3v) is 7.69. The van der Waals surface area contributed by atoms with Crippen LogP contribution in [0.5, 0.6) is 5.75 Å². The van der Waals surface area contributed by atoms with Crippen LogP contribution in [0.15, 0.2) is 47.4 Å². The van der Waals surface area contributed by atoms with Gasteiger partial charge in [0.1, 0.15) is 10.5 Å². The molecular weight excluding hydrogens is 517 g/mol. The number of alkyl halides is 3. The highest BCUT2D eigenvalue weighted by atomic mass is 32.2. The van der Waals surface area contributed by atoms with E-state index in [1.165, 1.54) is 36.0 Å². The molecule has 0 radical (unpaired) electrons. The lowest BCUT2D eigenvalue weighted by molar-refractivity contribution is -0.274. The maximum absolute atomic E-state index is 13.3. The van der Waals surface area contributed by atoms with Gasteiger partial charge in [-0.3, -0.25) is 4.79 Å². The van der Waals surface area contributed by atoms with E-state index in [1.54, 1.807) is 13.8 Å². The molecule has 6 nitrogen and oxygen atoms in total. The number of nitrogens with one attached hydrogen (secondary N) is 1. The molecule has 1 aliphatic rings. The Kier molecular flexibility index (Phi) is 9.98. The van der Waals surface area contributed by atoms with Crippen LogP contribution < -0.4 is 10.1 Å². The lowest BCUT2D eigenvalue weighted by atomic mass is 10.1. The molecule has 0 saturated carbocycles. The first-order valence-corrected chi connectivity index (χ1v) is 13.7. The lowest BCUT2D eigenvalue weighted by Crippen LogP contribution is -2.44. The van der Waals surface area contributed by atoms with Crippen LogP contribution in [0.25, 0.3) is 0 Å². The summed E-state index contributed by atoms with van der Waals surface area (Å²) < 4.78 is 40.3. The predicted octanol–water partition coefficient (Wildman–Crippen LogP) is 7.51. The van der Waals surface area contributed by atoms with Crippen molar-refractivity contribution >= 4 is 29.4 Å². The lowest BCUT2D eigenvalue weighted by Gasteiger charge is -2.29. The van der Waals surface area contributed by atoms with Crippen molar-refractivity contribution in [3.63, 3.8) is 0 Å². The molecule has 0 unspecified atom stereocenters. The van der Waals surface area contributed by atoms with Crippen molar-refractivity contribution < 1.29 is 32.6 Å². The van der Waals surface area contributed by atoms with E-state index >= 15 is 0 Å². The maximum atomic E-state index is 13.3. The summed E-state index contributed by atoms with van der Waals surface area (Å²) in [6.45, 7) is 6.05. The zero-order valence-electron chi connectivity index (χ0n) is 21.9. The third kappa shape index (κ3) is 8.58. The molecule has 2 aromatic rings. The van der Waals surface area contributed by atoms with Crippen LogP contribution in [-0.2, 0) is 17.6 Å². The largest absolute Gasteiger partial charge is 0.573 e. The molecule has 0 bridgehead atoms. The van der Waals surface area contributed by atoms with Crippen LogP contribution in [0.1, 0.15) is 64.0 Å². The Labute approximate surface area is 225 Å². The van der Waals surface area contributed by atoms with Gasteiger partial charge in [-0.25, -0.2) is 4.79 Å². The van der Waals surface area contributed by atoms with Crippen molar-refractivity contribution in [1.29, 1.82) is 0 Å². The number of amides is 2. The van der Waals surface area contributed by atoms with E-state index in [0.717, 1.165) is 48.1 Å². The molecule has 0 aromatic heterocycles. The first-order valence-electron chi connectivity index (χ1n) is 12.9. The molecule has 0 aliphatic heterocycles. The maximum Gasteiger partial charge on any atom is 0.573 e. The van der Waals surface area contributed by atoms with E-state index in [1.807, 2.05) is 23.1 Å². The summed E-state index contributed by atoms with van der Waals surface area (Å²) in [4.78, 5) is 27.6. The molecule has 208 valence electrons. The molecule has 1 aliphatic carbocycles. The van der Waals surface area contributed by atoms with E-state index < -0.39 is 17.1 Å². The summed E-state index contributed by atoms with van der Waals surface area (Å²) in [5.41, 5.74) is 2.61. The van der Waals surface area contributed by atoms with E-state index in [2.05, 4.69) is 17.0 Å². The smallest absolute Gasteiger partial charge is 0.480 e. The number of anilines is 1. The molecule has 2 aromatic carbocycles. The third-order valence-electron chi connectivity index (χ3n) is 6.52. The number of nitrogens with zero attached hydrogens (tertiary/aromatic N) is 1. The summed E-state index contributed by atoms with van der Waals surface area (Å²) in [6, 6.07) is 10.7. The number of halogens is 3. The first-order chi connectivity index (χ1) is 17.9. The monoisotopic (exact) mass is 552 g/mol. The summed E-state index contributed by atoms with van der Waals surface area (Å²) in [6.07, 6.45) is 1.77. The highest BCUT2D eigenvalue weighted by Crippen LogP contribution is 2.36. The SMILES string of the molecule is CCCCCCCN(C(=O)Nc1ccc(OC(F)(F)F)cc1)[C@@H]1Cc2ccc(SC(C)(C)C(=O)O)cc2C1. The molecule has 2 N–H and O–H groups in total. The van der Waals surface area contributed by atoms with Crippen LogP contribution in [0.2, 0.25) is 0 Å². The second-order valence-electron chi connectivity index (χ2n) is 10.0. The fraction of sp³-hybridized carbons (Fsp3) is 0.500. The molecule has 1 atom stereocenters. The number of carbonyl (C=O) groups is 2. The number of hydrogen-bond donors (Lipinski definition) is 2. The minimum Gasteiger partial charge on any atom is -0.480 e. The Hall–Kier alpha value is -2.88. The Morgan fingerprint density at radius 2 is 1.68 bits per heavy atom. The fourth-order valence-electron chi connectivity index (χ4n) is 4.46. The molecule has 0 heterocycles. The van der Waals surface area contributed by atoms with Crippen molar-refractivity contribution in [3.8, 4) is 5.75 Å². The molecule has 3 rings (SSSR count). The fourth-order valence-corrected chi connectivity index (χ4v) is 5.48. The molecule has 2 amide bonds. The summed E-state index contributed by atoms with van der Waals surface area (Å²) in [5.74, 6) is -1.24. The second kappa shape index (κ2) is 12.8. The van der Waals surface area contributed by atoms with E-state index in [4.69, 9.17) is 0 Å². The average Bonchev–Trinajstić information content (AvgIpc) is 3.24. The normalized spacial score (nSPS) is 15.2. The number of unbranched alkanes of at least 4 members (excludes halogenated alkanes) is 4. The number of aliphatic carboxylic acids is 1. The van der Waals surface area contributed by atoms with Gasteiger partial charge >= 0.3 is 18.4 Å². The van der Waals surface area contributed by atoms with Crippen molar-refractivity contribution in [2.24, 2.45) is 0 Å². The van der Waals surface area contributed by atoms with E-state index in [0.29, 0.717) is 25.1 Å². The molecule has 0 fully saturated rings. The van der Waals surface area contributed by atoms with Crippen LogP contribution in [-0.4, -0.2) is 45.7 Å². The Morgan fingerprint density at radius 1 is 1.03 bits per heavy atom. The van der Waals surface area contributed by atoms with Gasteiger partial charge < -0.3 is 20.1 Å². The van der Waals surface area contributed by atoms with Gasteiger partial charge in [0.15, 0.2) is 0 Å². The number of fused-ring (bicyclic) bond motifs is 1. The number of carbonyl (C=O) groups excluding carboxylic acids is 1. The second-order valence-corrected chi connectivity index (χ2v) is 11.7. The highest BCUT2D eigenvalue weighted by Gasteiger charge is 2.33. The topological polar surface area (TPSA) is 78.9 Å². The molecule has 38 heavy (non-hydrogen) atoms. The van der Waals surface area contributed by atoms with Crippen LogP contribution in [0.4, 0.5) is 23.7 Å². The number of rotatable bonds is 12. The van der Waals surface area contributed by atoms with Gasteiger partial charge in [-0.05, 0) is 80.6 Å². The zero-order valence-corrected chi connectivity index (χ0v) is 22.8. The summed E-state index contributed by atoms with van der Waals surface area (Å²) in [7, 11) is 0. The van der Waals surface area contributed by atoms with Gasteiger partial charge in [0.2, 0.25) is 0 Å². The number of thioether (sulfide) groups is 1.